The predicted octanol–water partition coefficient (Wildman–Crippen LogP) is 4.69. The van der Waals surface area contributed by atoms with Crippen LogP contribution in [0.4, 0.5) is 0 Å². The molecule has 3 aromatic rings. The molecule has 1 unspecified atom stereocenters. The minimum absolute atomic E-state index is 0.0975. The van der Waals surface area contributed by atoms with Gasteiger partial charge in [-0.1, -0.05) is 44.2 Å². The molecule has 1 atom stereocenters. The standard InChI is InChI=1S/C22H25N3OS/c1-16(2)20(17-7-4-3-5-8-17)13-21(26)24-12-10-19-15-27-22(25-19)18-9-6-11-23-14-18/h3-9,11,14-16,20H,10,12-13H2,1-2H3,(H,24,26). The van der Waals surface area contributed by atoms with E-state index in [1.807, 2.05) is 36.5 Å². The van der Waals surface area contributed by atoms with Gasteiger partial charge in [-0.25, -0.2) is 4.98 Å². The van der Waals surface area contributed by atoms with Crippen LogP contribution < -0.4 is 5.32 Å². The molecule has 0 aliphatic carbocycles. The molecule has 27 heavy (non-hydrogen) atoms. The third kappa shape index (κ3) is 5.47. The number of pyridine rings is 1. The molecular weight excluding hydrogens is 354 g/mol. The Hall–Kier alpha value is -2.53. The van der Waals surface area contributed by atoms with Gasteiger partial charge >= 0.3 is 0 Å². The summed E-state index contributed by atoms with van der Waals surface area (Å²) in [5, 5.41) is 6.07. The van der Waals surface area contributed by atoms with Crippen LogP contribution in [0, 0.1) is 5.92 Å². The third-order valence-electron chi connectivity index (χ3n) is 4.60. The van der Waals surface area contributed by atoms with E-state index < -0.39 is 0 Å². The summed E-state index contributed by atoms with van der Waals surface area (Å²) in [5.74, 6) is 0.752. The molecule has 140 valence electrons. The lowest BCUT2D eigenvalue weighted by molar-refractivity contribution is -0.121. The highest BCUT2D eigenvalue weighted by atomic mass is 32.1. The number of hydrogen-bond donors (Lipinski definition) is 1. The lowest BCUT2D eigenvalue weighted by atomic mass is 9.85. The van der Waals surface area contributed by atoms with Gasteiger partial charge in [0.15, 0.2) is 0 Å². The van der Waals surface area contributed by atoms with Crippen LogP contribution in [0.5, 0.6) is 0 Å². The molecule has 2 aromatic heterocycles. The number of nitrogens with one attached hydrogen (secondary N) is 1. The minimum Gasteiger partial charge on any atom is -0.356 e. The van der Waals surface area contributed by atoms with E-state index in [4.69, 9.17) is 0 Å². The summed E-state index contributed by atoms with van der Waals surface area (Å²) in [6.07, 6.45) is 4.83. The molecule has 0 saturated heterocycles. The normalized spacial score (nSPS) is 12.1. The zero-order valence-electron chi connectivity index (χ0n) is 15.8. The summed E-state index contributed by atoms with van der Waals surface area (Å²) in [7, 11) is 0. The Bertz CT molecular complexity index is 846. The monoisotopic (exact) mass is 379 g/mol. The summed E-state index contributed by atoms with van der Waals surface area (Å²) in [6.45, 7) is 4.94. The second-order valence-electron chi connectivity index (χ2n) is 6.95. The van der Waals surface area contributed by atoms with Crippen LogP contribution in [0.2, 0.25) is 0 Å². The first-order valence-corrected chi connectivity index (χ1v) is 10.2. The number of carbonyl (C=O) groups is 1. The first-order valence-electron chi connectivity index (χ1n) is 9.30. The Balaban J connectivity index is 1.50. The summed E-state index contributed by atoms with van der Waals surface area (Å²) in [5.41, 5.74) is 3.26. The molecule has 3 rings (SSSR count). The lowest BCUT2D eigenvalue weighted by Crippen LogP contribution is -2.28. The van der Waals surface area contributed by atoms with Crippen LogP contribution >= 0.6 is 11.3 Å². The molecule has 0 bridgehead atoms. The first-order chi connectivity index (χ1) is 13.1. The number of carbonyl (C=O) groups excluding carboxylic acids is 1. The number of aromatic nitrogens is 2. The summed E-state index contributed by atoms with van der Waals surface area (Å²) in [6, 6.07) is 14.2. The van der Waals surface area contributed by atoms with E-state index in [0.717, 1.165) is 22.7 Å². The van der Waals surface area contributed by atoms with E-state index in [1.165, 1.54) is 5.56 Å². The van der Waals surface area contributed by atoms with Gasteiger partial charge in [0.05, 0.1) is 5.69 Å². The summed E-state index contributed by atoms with van der Waals surface area (Å²) < 4.78 is 0. The molecule has 1 N–H and O–H groups in total. The fourth-order valence-electron chi connectivity index (χ4n) is 3.08. The molecular formula is C22H25N3OS. The second-order valence-corrected chi connectivity index (χ2v) is 7.81. The molecule has 0 saturated carbocycles. The predicted molar refractivity (Wildman–Crippen MR) is 111 cm³/mol. The Morgan fingerprint density at radius 2 is 1.96 bits per heavy atom. The highest BCUT2D eigenvalue weighted by Crippen LogP contribution is 2.27. The van der Waals surface area contributed by atoms with Crippen molar-refractivity contribution in [3.05, 3.63) is 71.5 Å². The molecule has 0 aliphatic rings. The molecule has 1 aromatic carbocycles. The maximum atomic E-state index is 12.4. The van der Waals surface area contributed by atoms with E-state index in [-0.39, 0.29) is 11.8 Å². The Labute approximate surface area is 164 Å². The lowest BCUT2D eigenvalue weighted by Gasteiger charge is -2.21. The second kappa shape index (κ2) is 9.42. The molecule has 2 heterocycles. The van der Waals surface area contributed by atoms with E-state index in [1.54, 1.807) is 17.5 Å². The smallest absolute Gasteiger partial charge is 0.220 e. The number of rotatable bonds is 8. The Morgan fingerprint density at radius 3 is 2.67 bits per heavy atom. The fourth-order valence-corrected chi connectivity index (χ4v) is 3.93. The van der Waals surface area contributed by atoms with Crippen molar-refractivity contribution in [1.82, 2.24) is 15.3 Å². The van der Waals surface area contributed by atoms with Gasteiger partial charge < -0.3 is 5.32 Å². The minimum atomic E-state index is 0.0975. The number of nitrogens with zero attached hydrogens (tertiary/aromatic N) is 2. The van der Waals surface area contributed by atoms with Crippen molar-refractivity contribution in [2.45, 2.75) is 32.6 Å². The average Bonchev–Trinajstić information content (AvgIpc) is 3.16. The van der Waals surface area contributed by atoms with Crippen molar-refractivity contribution in [2.24, 2.45) is 5.92 Å². The van der Waals surface area contributed by atoms with Crippen LogP contribution in [-0.4, -0.2) is 22.4 Å². The number of amides is 1. The van der Waals surface area contributed by atoms with Gasteiger partial charge in [0.1, 0.15) is 5.01 Å². The van der Waals surface area contributed by atoms with Gasteiger partial charge in [-0.2, -0.15) is 0 Å². The largest absolute Gasteiger partial charge is 0.356 e. The molecule has 5 heteroatoms. The zero-order chi connectivity index (χ0) is 19.1. The number of thiazole rings is 1. The summed E-state index contributed by atoms with van der Waals surface area (Å²) >= 11 is 1.61. The van der Waals surface area contributed by atoms with Crippen molar-refractivity contribution in [1.29, 1.82) is 0 Å². The maximum Gasteiger partial charge on any atom is 0.220 e. The average molecular weight is 380 g/mol. The SMILES string of the molecule is CC(C)C(CC(=O)NCCc1csc(-c2cccnc2)n1)c1ccccc1. The molecule has 1 amide bonds. The van der Waals surface area contributed by atoms with Gasteiger partial charge in [-0.15, -0.1) is 11.3 Å². The highest BCUT2D eigenvalue weighted by Gasteiger charge is 2.19. The molecule has 0 fully saturated rings. The fraction of sp³-hybridized carbons (Fsp3) is 0.318. The van der Waals surface area contributed by atoms with Crippen LogP contribution in [-0.2, 0) is 11.2 Å². The number of hydrogen-bond acceptors (Lipinski definition) is 4. The quantitative estimate of drug-likeness (QED) is 0.617. The summed E-state index contributed by atoms with van der Waals surface area (Å²) in [4.78, 5) is 21.2. The van der Waals surface area contributed by atoms with Crippen LogP contribution in [0.3, 0.4) is 0 Å². The Morgan fingerprint density at radius 1 is 1.15 bits per heavy atom. The van der Waals surface area contributed by atoms with Crippen LogP contribution in [0.25, 0.3) is 10.6 Å². The van der Waals surface area contributed by atoms with Crippen LogP contribution in [0.15, 0.2) is 60.2 Å². The number of benzene rings is 1. The van der Waals surface area contributed by atoms with Gasteiger partial charge in [-0.05, 0) is 29.5 Å². The van der Waals surface area contributed by atoms with E-state index in [2.05, 4.69) is 46.6 Å². The van der Waals surface area contributed by atoms with E-state index >= 15 is 0 Å². The van der Waals surface area contributed by atoms with Gasteiger partial charge in [0, 0.05) is 42.7 Å². The Kier molecular flexibility index (Phi) is 6.71. The van der Waals surface area contributed by atoms with E-state index in [9.17, 15) is 4.79 Å². The van der Waals surface area contributed by atoms with Crippen molar-refractivity contribution in [2.75, 3.05) is 6.54 Å². The van der Waals surface area contributed by atoms with Crippen molar-refractivity contribution in [3.8, 4) is 10.6 Å². The van der Waals surface area contributed by atoms with Gasteiger partial charge in [0.25, 0.3) is 0 Å². The first kappa shape index (κ1) is 19.2. The van der Waals surface area contributed by atoms with Crippen molar-refractivity contribution in [3.63, 3.8) is 0 Å². The molecule has 0 radical (unpaired) electrons. The molecule has 0 aliphatic heterocycles. The van der Waals surface area contributed by atoms with Crippen molar-refractivity contribution < 1.29 is 4.79 Å². The maximum absolute atomic E-state index is 12.4. The molecule has 4 nitrogen and oxygen atoms in total. The van der Waals surface area contributed by atoms with Crippen LogP contribution in [0.1, 0.15) is 37.4 Å². The van der Waals surface area contributed by atoms with Gasteiger partial charge in [-0.3, -0.25) is 9.78 Å². The molecule has 0 spiro atoms. The third-order valence-corrected chi connectivity index (χ3v) is 5.54. The van der Waals surface area contributed by atoms with E-state index in [0.29, 0.717) is 18.9 Å². The van der Waals surface area contributed by atoms with Gasteiger partial charge in [0.2, 0.25) is 5.91 Å². The zero-order valence-corrected chi connectivity index (χ0v) is 16.6. The topological polar surface area (TPSA) is 54.9 Å². The highest BCUT2D eigenvalue weighted by molar-refractivity contribution is 7.13. The van der Waals surface area contributed by atoms with Crippen molar-refractivity contribution >= 4 is 17.2 Å².